The molecule has 19 heteroatoms. The van der Waals surface area contributed by atoms with E-state index in [1.807, 2.05) is 6.08 Å². The molecule has 3 heterocycles. The van der Waals surface area contributed by atoms with E-state index in [-0.39, 0.29) is 13.0 Å². The summed E-state index contributed by atoms with van der Waals surface area (Å²) in [4.78, 5) is 0. The van der Waals surface area contributed by atoms with Gasteiger partial charge in [0, 0.05) is 19.1 Å². The fourth-order valence-corrected chi connectivity index (χ4v) is 6.99. The maximum Gasteiger partial charge on any atom is 0.187 e. The van der Waals surface area contributed by atoms with Gasteiger partial charge >= 0.3 is 0 Å². The molecule has 0 bridgehead atoms. The maximum absolute atomic E-state index is 11.4. The van der Waals surface area contributed by atoms with E-state index in [9.17, 15) is 61.3 Å². The molecule has 8 unspecified atom stereocenters. The zero-order valence-electron chi connectivity index (χ0n) is 29.1. The lowest BCUT2D eigenvalue weighted by atomic mass is 9.81. The molecule has 1 aliphatic carbocycles. The molecule has 304 valence electrons. The molecule has 0 radical (unpaired) electrons. The molecule has 52 heavy (non-hydrogen) atoms. The normalized spacial score (nSPS) is 47.3. The van der Waals surface area contributed by atoms with Crippen molar-refractivity contribution >= 4 is 0 Å². The van der Waals surface area contributed by atoms with Gasteiger partial charge < -0.3 is 94.4 Å². The Morgan fingerprint density at radius 2 is 1.17 bits per heavy atom. The summed E-state index contributed by atoms with van der Waals surface area (Å²) < 4.78 is 41.0. The minimum Gasteiger partial charge on any atom is -0.396 e. The van der Waals surface area contributed by atoms with E-state index in [1.54, 1.807) is 0 Å². The fraction of sp³-hybridized carbons (Fsp3) is 0.939. The van der Waals surface area contributed by atoms with Crippen LogP contribution in [-0.4, -0.2) is 204 Å². The van der Waals surface area contributed by atoms with E-state index >= 15 is 0 Å². The van der Waals surface area contributed by atoms with E-state index in [1.165, 1.54) is 6.92 Å². The summed E-state index contributed by atoms with van der Waals surface area (Å²) in [5.41, 5.74) is 0. The van der Waals surface area contributed by atoms with Crippen LogP contribution < -0.4 is 0 Å². The van der Waals surface area contributed by atoms with E-state index in [4.69, 9.17) is 33.2 Å². The van der Waals surface area contributed by atoms with Crippen molar-refractivity contribution in [1.29, 1.82) is 0 Å². The van der Waals surface area contributed by atoms with Gasteiger partial charge in [0.15, 0.2) is 18.9 Å². The molecule has 3 aliphatic heterocycles. The first kappa shape index (κ1) is 43.7. The third-order valence-electron chi connectivity index (χ3n) is 10.3. The van der Waals surface area contributed by atoms with Gasteiger partial charge in [-0.15, -0.1) is 6.58 Å². The van der Waals surface area contributed by atoms with Crippen LogP contribution in [0.4, 0.5) is 0 Å². The fourth-order valence-electron chi connectivity index (χ4n) is 6.99. The van der Waals surface area contributed by atoms with Crippen LogP contribution in [-0.2, 0) is 33.2 Å². The summed E-state index contributed by atoms with van der Waals surface area (Å²) in [6.07, 6.45) is -24.8. The lowest BCUT2D eigenvalue weighted by molar-refractivity contribution is -0.393. The molecule has 12 N–H and O–H groups in total. The number of ether oxygens (including phenoxy) is 7. The van der Waals surface area contributed by atoms with Crippen LogP contribution in [0.3, 0.4) is 0 Å². The van der Waals surface area contributed by atoms with E-state index in [0.717, 1.165) is 25.7 Å². The largest absolute Gasteiger partial charge is 0.396 e. The highest BCUT2D eigenvalue weighted by Gasteiger charge is 2.56. The van der Waals surface area contributed by atoms with E-state index < -0.39 is 142 Å². The Bertz CT molecular complexity index is 1050. The number of unbranched alkanes of at least 4 members (excludes halogenated alkanes) is 4. The second kappa shape index (κ2) is 20.2. The molecular formula is C33H58O19. The average Bonchev–Trinajstić information content (AvgIpc) is 3.13. The van der Waals surface area contributed by atoms with Crippen LogP contribution in [0.1, 0.15) is 45.4 Å². The van der Waals surface area contributed by atoms with Crippen LogP contribution in [0, 0.1) is 5.92 Å². The number of allylic oxidation sites excluding steroid dienone is 1. The van der Waals surface area contributed by atoms with Crippen LogP contribution in [0.25, 0.3) is 0 Å². The predicted octanol–water partition coefficient (Wildman–Crippen LogP) is -4.90. The van der Waals surface area contributed by atoms with Gasteiger partial charge in [-0.2, -0.15) is 0 Å². The number of aliphatic hydroxyl groups is 12. The SMILES string of the molecule is C=CCCCCCCO[C@@H]1OC(CO)[C@H](O[C@@H]2OC(CO)[C@H](O)[C@H](O[C@@H]3CC(CO)[C@H](O)[C@H](O)C3O)C2O[C@@H]2OC(C)[C@H](O)[C@@H](O)C2O)[C@H](O)C1O. The smallest absolute Gasteiger partial charge is 0.187 e. The molecule has 3 saturated heterocycles. The van der Waals surface area contributed by atoms with Crippen molar-refractivity contribution in [2.75, 3.05) is 26.4 Å². The summed E-state index contributed by atoms with van der Waals surface area (Å²) >= 11 is 0. The first-order chi connectivity index (χ1) is 24.8. The van der Waals surface area contributed by atoms with E-state index in [2.05, 4.69) is 6.58 Å². The Morgan fingerprint density at radius 3 is 1.83 bits per heavy atom. The minimum atomic E-state index is -1.88. The zero-order chi connectivity index (χ0) is 38.3. The molecule has 20 atom stereocenters. The summed E-state index contributed by atoms with van der Waals surface area (Å²) in [6, 6.07) is 0. The summed E-state index contributed by atoms with van der Waals surface area (Å²) in [5.74, 6) is -0.963. The van der Waals surface area contributed by atoms with Crippen LogP contribution >= 0.6 is 0 Å². The molecule has 4 aliphatic rings. The highest BCUT2D eigenvalue weighted by molar-refractivity contribution is 4.99. The van der Waals surface area contributed by atoms with Crippen molar-refractivity contribution in [3.05, 3.63) is 12.7 Å². The van der Waals surface area contributed by atoms with Crippen molar-refractivity contribution < 1.29 is 94.4 Å². The van der Waals surface area contributed by atoms with Gasteiger partial charge in [-0.05, 0) is 32.6 Å². The predicted molar refractivity (Wildman–Crippen MR) is 173 cm³/mol. The quantitative estimate of drug-likeness (QED) is 0.0489. The molecule has 0 spiro atoms. The molecule has 1 saturated carbocycles. The van der Waals surface area contributed by atoms with Crippen molar-refractivity contribution in [2.45, 2.75) is 162 Å². The summed E-state index contributed by atoms with van der Waals surface area (Å²) in [6.45, 7) is 3.07. The van der Waals surface area contributed by atoms with Crippen molar-refractivity contribution in [3.8, 4) is 0 Å². The summed E-state index contributed by atoms with van der Waals surface area (Å²) in [5, 5.41) is 127. The Hall–Kier alpha value is -1.02. The lowest BCUT2D eigenvalue weighted by Gasteiger charge is -2.50. The molecule has 4 fully saturated rings. The number of hydrogen-bond donors (Lipinski definition) is 12. The molecule has 19 nitrogen and oxygen atoms in total. The number of rotatable bonds is 17. The molecule has 0 aromatic carbocycles. The molecular weight excluding hydrogens is 700 g/mol. The van der Waals surface area contributed by atoms with Crippen molar-refractivity contribution in [3.63, 3.8) is 0 Å². The lowest BCUT2D eigenvalue weighted by Crippen LogP contribution is -2.68. The first-order valence-electron chi connectivity index (χ1n) is 17.9. The van der Waals surface area contributed by atoms with Gasteiger partial charge in [0.1, 0.15) is 79.4 Å². The Balaban J connectivity index is 1.59. The average molecular weight is 759 g/mol. The highest BCUT2D eigenvalue weighted by atomic mass is 16.8. The third kappa shape index (κ3) is 10.0. The van der Waals surface area contributed by atoms with Gasteiger partial charge in [-0.25, -0.2) is 0 Å². The molecule has 0 aromatic heterocycles. The third-order valence-corrected chi connectivity index (χ3v) is 10.3. The first-order valence-corrected chi connectivity index (χ1v) is 17.9. The molecule has 0 amide bonds. The Kier molecular flexibility index (Phi) is 17.0. The maximum atomic E-state index is 11.4. The topological polar surface area (TPSA) is 307 Å². The second-order valence-electron chi connectivity index (χ2n) is 14.0. The van der Waals surface area contributed by atoms with Crippen LogP contribution in [0.2, 0.25) is 0 Å². The Labute approximate surface area is 301 Å². The summed E-state index contributed by atoms with van der Waals surface area (Å²) in [7, 11) is 0. The second-order valence-corrected chi connectivity index (χ2v) is 14.0. The van der Waals surface area contributed by atoms with Crippen LogP contribution in [0.15, 0.2) is 12.7 Å². The number of hydrogen-bond acceptors (Lipinski definition) is 19. The Morgan fingerprint density at radius 1 is 0.558 bits per heavy atom. The minimum absolute atomic E-state index is 0.182. The molecule has 4 rings (SSSR count). The van der Waals surface area contributed by atoms with Crippen molar-refractivity contribution in [2.24, 2.45) is 5.92 Å². The van der Waals surface area contributed by atoms with Gasteiger partial charge in [0.2, 0.25) is 0 Å². The standard InChI is InChI=1S/C33H58O19/c1-3-4-5-6-7-8-9-46-31-27(45)25(43)28(18(13-36)50-31)51-33-30(52-32-26(44)23(41)19(37)14(2)47-32)29(22(40)17(12-35)49-33)48-16-10-15(11-34)20(38)24(42)21(16)39/h3,14-45H,1,4-13H2,2H3/t14?,15?,16-,17?,18?,19+,20+,21?,22+,23-,24+,25-,26?,27?,28+,29+,30?,31-,32+,33+/m1/s1. The van der Waals surface area contributed by atoms with Gasteiger partial charge in [-0.3, -0.25) is 0 Å². The zero-order valence-corrected chi connectivity index (χ0v) is 29.1. The van der Waals surface area contributed by atoms with Crippen molar-refractivity contribution in [1.82, 2.24) is 0 Å². The molecule has 0 aromatic rings. The van der Waals surface area contributed by atoms with E-state index in [0.29, 0.717) is 6.42 Å². The highest BCUT2D eigenvalue weighted by Crippen LogP contribution is 2.37. The monoisotopic (exact) mass is 758 g/mol. The van der Waals surface area contributed by atoms with Gasteiger partial charge in [0.05, 0.1) is 31.5 Å². The van der Waals surface area contributed by atoms with Gasteiger partial charge in [0.25, 0.3) is 0 Å². The van der Waals surface area contributed by atoms with Crippen LogP contribution in [0.5, 0.6) is 0 Å². The van der Waals surface area contributed by atoms with Gasteiger partial charge in [-0.1, -0.05) is 18.9 Å². The number of aliphatic hydroxyl groups excluding tert-OH is 12.